The van der Waals surface area contributed by atoms with Crippen LogP contribution in [-0.2, 0) is 0 Å². The van der Waals surface area contributed by atoms with Crippen molar-refractivity contribution >= 4 is 45.7 Å². The summed E-state index contributed by atoms with van der Waals surface area (Å²) in [4.78, 5) is 19.1. The van der Waals surface area contributed by atoms with Gasteiger partial charge < -0.3 is 20.3 Å². The second-order valence-corrected chi connectivity index (χ2v) is 6.29. The number of amides is 1. The molecule has 1 aliphatic heterocycles. The van der Waals surface area contributed by atoms with Gasteiger partial charge in [-0.1, -0.05) is 0 Å². The molecule has 3 rings (SSSR count). The second kappa shape index (κ2) is 9.03. The van der Waals surface area contributed by atoms with Crippen molar-refractivity contribution in [2.45, 2.75) is 0 Å². The van der Waals surface area contributed by atoms with E-state index in [1.165, 1.54) is 0 Å². The molecule has 1 fully saturated rings. The van der Waals surface area contributed by atoms with E-state index < -0.39 is 0 Å². The minimum atomic E-state index is -0.233. The molecular formula is C17H20BrClN4O2. The summed E-state index contributed by atoms with van der Waals surface area (Å²) in [6.07, 6.45) is 1.79. The molecule has 1 aliphatic rings. The zero-order valence-corrected chi connectivity index (χ0v) is 16.2. The minimum absolute atomic E-state index is 0. The average Bonchev–Trinajstić information content (AvgIpc) is 2.63. The smallest absolute Gasteiger partial charge is 0.258 e. The summed E-state index contributed by atoms with van der Waals surface area (Å²) in [6, 6.07) is 9.07. The van der Waals surface area contributed by atoms with E-state index >= 15 is 0 Å². The standard InChI is InChI=1S/C17H19BrN4O2.ClH/c1-24-13-3-4-15(18)14(10-13)17(23)21-16-5-2-12(11-20-16)22-8-6-19-7-9-22;/h2-5,10-11,19H,6-9H2,1H3,(H,20,21,23);1H. The number of halogens is 2. The quantitative estimate of drug-likeness (QED) is 0.785. The van der Waals surface area contributed by atoms with E-state index in [4.69, 9.17) is 4.74 Å². The fraction of sp³-hybridized carbons (Fsp3) is 0.294. The average molecular weight is 428 g/mol. The van der Waals surface area contributed by atoms with Gasteiger partial charge in [0.1, 0.15) is 11.6 Å². The summed E-state index contributed by atoms with van der Waals surface area (Å²) in [6.45, 7) is 3.87. The molecule has 0 unspecified atom stereocenters. The Kier molecular flexibility index (Phi) is 7.04. The van der Waals surface area contributed by atoms with Crippen LogP contribution in [0.1, 0.15) is 10.4 Å². The van der Waals surface area contributed by atoms with Crippen molar-refractivity contribution in [2.24, 2.45) is 0 Å². The molecular weight excluding hydrogens is 408 g/mol. The lowest BCUT2D eigenvalue weighted by atomic mass is 10.2. The predicted molar refractivity (Wildman–Crippen MR) is 105 cm³/mol. The van der Waals surface area contributed by atoms with Crippen LogP contribution in [0.2, 0.25) is 0 Å². The summed E-state index contributed by atoms with van der Waals surface area (Å²) >= 11 is 3.39. The molecule has 0 saturated carbocycles. The van der Waals surface area contributed by atoms with Crippen LogP contribution in [0.4, 0.5) is 11.5 Å². The Bertz CT molecular complexity index is 721. The molecule has 0 atom stereocenters. The third kappa shape index (κ3) is 4.84. The van der Waals surface area contributed by atoms with Gasteiger partial charge in [0.15, 0.2) is 0 Å². The Balaban J connectivity index is 0.00000225. The van der Waals surface area contributed by atoms with E-state index in [-0.39, 0.29) is 18.3 Å². The first kappa shape index (κ1) is 19.5. The number of methoxy groups -OCH3 is 1. The van der Waals surface area contributed by atoms with Gasteiger partial charge in [-0.2, -0.15) is 0 Å². The van der Waals surface area contributed by atoms with Gasteiger partial charge in [-0.15, -0.1) is 12.4 Å². The number of ether oxygens (including phenoxy) is 1. The SMILES string of the molecule is COc1ccc(Br)c(C(=O)Nc2ccc(N3CCNCC3)cn2)c1.Cl. The number of hydrogen-bond donors (Lipinski definition) is 2. The Labute approximate surface area is 161 Å². The molecule has 2 N–H and O–H groups in total. The topological polar surface area (TPSA) is 66.5 Å². The van der Waals surface area contributed by atoms with Gasteiger partial charge in [0, 0.05) is 30.7 Å². The molecule has 2 heterocycles. The van der Waals surface area contributed by atoms with Crippen molar-refractivity contribution in [1.82, 2.24) is 10.3 Å². The van der Waals surface area contributed by atoms with Crippen molar-refractivity contribution in [1.29, 1.82) is 0 Å². The van der Waals surface area contributed by atoms with Crippen LogP contribution in [0.3, 0.4) is 0 Å². The highest BCUT2D eigenvalue weighted by atomic mass is 79.9. The van der Waals surface area contributed by atoms with Gasteiger partial charge >= 0.3 is 0 Å². The first-order valence-corrected chi connectivity index (χ1v) is 8.53. The van der Waals surface area contributed by atoms with E-state index in [0.29, 0.717) is 21.6 Å². The third-order valence-electron chi connectivity index (χ3n) is 3.89. The molecule has 0 radical (unpaired) electrons. The highest BCUT2D eigenvalue weighted by molar-refractivity contribution is 9.10. The van der Waals surface area contributed by atoms with Gasteiger partial charge in [-0.3, -0.25) is 4.79 Å². The van der Waals surface area contributed by atoms with Crippen molar-refractivity contribution in [2.75, 3.05) is 43.5 Å². The van der Waals surface area contributed by atoms with Gasteiger partial charge in [0.05, 0.1) is 24.6 Å². The maximum atomic E-state index is 12.4. The summed E-state index contributed by atoms with van der Waals surface area (Å²) in [5.74, 6) is 0.919. The van der Waals surface area contributed by atoms with Crippen LogP contribution in [-0.4, -0.2) is 44.2 Å². The highest BCUT2D eigenvalue weighted by Gasteiger charge is 2.14. The first-order valence-electron chi connectivity index (χ1n) is 7.74. The number of anilines is 2. The van der Waals surface area contributed by atoms with Crippen molar-refractivity contribution in [3.63, 3.8) is 0 Å². The molecule has 6 nitrogen and oxygen atoms in total. The number of hydrogen-bond acceptors (Lipinski definition) is 5. The molecule has 2 aromatic rings. The van der Waals surface area contributed by atoms with Crippen molar-refractivity contribution in [3.8, 4) is 5.75 Å². The monoisotopic (exact) mass is 426 g/mol. The van der Waals surface area contributed by atoms with E-state index in [1.54, 1.807) is 31.5 Å². The maximum absolute atomic E-state index is 12.4. The van der Waals surface area contributed by atoms with Crippen LogP contribution >= 0.6 is 28.3 Å². The summed E-state index contributed by atoms with van der Waals surface area (Å²) in [7, 11) is 1.57. The number of carbonyl (C=O) groups excluding carboxylic acids is 1. The van der Waals surface area contributed by atoms with Crippen molar-refractivity contribution < 1.29 is 9.53 Å². The van der Waals surface area contributed by atoms with Gasteiger partial charge in [0.2, 0.25) is 0 Å². The van der Waals surface area contributed by atoms with Crippen LogP contribution in [0.25, 0.3) is 0 Å². The molecule has 25 heavy (non-hydrogen) atoms. The Morgan fingerprint density at radius 2 is 2.04 bits per heavy atom. The number of aromatic nitrogens is 1. The van der Waals surface area contributed by atoms with Crippen LogP contribution in [0.5, 0.6) is 5.75 Å². The number of benzene rings is 1. The molecule has 0 bridgehead atoms. The number of piperazine rings is 1. The van der Waals surface area contributed by atoms with E-state index in [1.807, 2.05) is 12.1 Å². The molecule has 8 heteroatoms. The summed E-state index contributed by atoms with van der Waals surface area (Å²) in [5, 5.41) is 6.14. The van der Waals surface area contributed by atoms with Gasteiger partial charge in [-0.25, -0.2) is 4.98 Å². The normalized spacial score (nSPS) is 13.8. The lowest BCUT2D eigenvalue weighted by molar-refractivity contribution is 0.102. The minimum Gasteiger partial charge on any atom is -0.497 e. The van der Waals surface area contributed by atoms with E-state index in [2.05, 4.69) is 36.4 Å². The Morgan fingerprint density at radius 1 is 1.28 bits per heavy atom. The zero-order chi connectivity index (χ0) is 16.9. The largest absolute Gasteiger partial charge is 0.497 e. The molecule has 0 spiro atoms. The van der Waals surface area contributed by atoms with Gasteiger partial charge in [0.25, 0.3) is 5.91 Å². The molecule has 1 amide bonds. The summed E-state index contributed by atoms with van der Waals surface area (Å²) < 4.78 is 5.87. The number of rotatable bonds is 4. The van der Waals surface area contributed by atoms with E-state index in [0.717, 1.165) is 31.9 Å². The molecule has 1 aromatic heterocycles. The molecule has 1 aromatic carbocycles. The second-order valence-electron chi connectivity index (χ2n) is 5.44. The number of pyridine rings is 1. The number of carbonyl (C=O) groups is 1. The maximum Gasteiger partial charge on any atom is 0.258 e. The van der Waals surface area contributed by atoms with Gasteiger partial charge in [-0.05, 0) is 46.3 Å². The third-order valence-corrected chi connectivity index (χ3v) is 4.58. The molecule has 0 aliphatic carbocycles. The Hall–Kier alpha value is -1.83. The van der Waals surface area contributed by atoms with Crippen molar-refractivity contribution in [3.05, 3.63) is 46.6 Å². The van der Waals surface area contributed by atoms with E-state index in [9.17, 15) is 4.79 Å². The van der Waals surface area contributed by atoms with Crippen LogP contribution < -0.4 is 20.3 Å². The lowest BCUT2D eigenvalue weighted by Gasteiger charge is -2.29. The summed E-state index contributed by atoms with van der Waals surface area (Å²) in [5.41, 5.74) is 1.57. The van der Waals surface area contributed by atoms with Crippen LogP contribution in [0, 0.1) is 0 Å². The number of nitrogens with one attached hydrogen (secondary N) is 2. The molecule has 134 valence electrons. The number of nitrogens with zero attached hydrogens (tertiary/aromatic N) is 2. The Morgan fingerprint density at radius 3 is 2.68 bits per heavy atom. The zero-order valence-electron chi connectivity index (χ0n) is 13.8. The fourth-order valence-corrected chi connectivity index (χ4v) is 2.99. The predicted octanol–water partition coefficient (Wildman–Crippen LogP) is 2.94. The fourth-order valence-electron chi connectivity index (χ4n) is 2.56. The lowest BCUT2D eigenvalue weighted by Crippen LogP contribution is -2.43. The highest BCUT2D eigenvalue weighted by Crippen LogP contribution is 2.23. The van der Waals surface area contributed by atoms with Crippen LogP contribution in [0.15, 0.2) is 41.0 Å². The first-order chi connectivity index (χ1) is 11.7. The molecule has 1 saturated heterocycles.